The van der Waals surface area contributed by atoms with Crippen LogP contribution < -0.4 is 0 Å². The minimum absolute atomic E-state index is 0.0370. The van der Waals surface area contributed by atoms with Crippen molar-refractivity contribution in [2.45, 2.75) is 12.8 Å². The van der Waals surface area contributed by atoms with E-state index in [-0.39, 0.29) is 18.2 Å². The Kier molecular flexibility index (Phi) is 3.21. The number of ketones is 1. The molecule has 1 fully saturated rings. The summed E-state index contributed by atoms with van der Waals surface area (Å²) in [5.41, 5.74) is 0.668. The SMILES string of the molecule is O=C1CCCN(C(=O)c2csc(Br)c2)C1. The first-order chi connectivity index (χ1) is 7.16. The number of piperidine rings is 1. The van der Waals surface area contributed by atoms with Gasteiger partial charge in [0.05, 0.1) is 15.9 Å². The maximum atomic E-state index is 11.9. The van der Waals surface area contributed by atoms with Crippen molar-refractivity contribution in [2.24, 2.45) is 0 Å². The van der Waals surface area contributed by atoms with Gasteiger partial charge >= 0.3 is 0 Å². The highest BCUT2D eigenvalue weighted by Gasteiger charge is 2.22. The molecule has 1 amide bonds. The van der Waals surface area contributed by atoms with Crippen molar-refractivity contribution in [3.63, 3.8) is 0 Å². The molecular formula is C10H10BrNO2S. The Balaban J connectivity index is 2.10. The van der Waals surface area contributed by atoms with Gasteiger partial charge in [0.2, 0.25) is 0 Å². The number of rotatable bonds is 1. The van der Waals surface area contributed by atoms with E-state index in [1.54, 1.807) is 11.0 Å². The Bertz CT molecular complexity index is 402. The molecule has 0 unspecified atom stereocenters. The van der Waals surface area contributed by atoms with Gasteiger partial charge in [-0.3, -0.25) is 9.59 Å². The minimum Gasteiger partial charge on any atom is -0.331 e. The Labute approximate surface area is 100 Å². The highest BCUT2D eigenvalue weighted by Crippen LogP contribution is 2.22. The van der Waals surface area contributed by atoms with Crippen LogP contribution in [0.15, 0.2) is 15.2 Å². The molecule has 1 saturated heterocycles. The zero-order valence-electron chi connectivity index (χ0n) is 8.03. The van der Waals surface area contributed by atoms with Gasteiger partial charge in [-0.2, -0.15) is 0 Å². The average Bonchev–Trinajstić information content (AvgIpc) is 2.64. The second-order valence-electron chi connectivity index (χ2n) is 3.51. The summed E-state index contributed by atoms with van der Waals surface area (Å²) in [4.78, 5) is 24.8. The summed E-state index contributed by atoms with van der Waals surface area (Å²) in [6, 6.07) is 1.80. The van der Waals surface area contributed by atoms with Crippen molar-refractivity contribution in [1.82, 2.24) is 4.90 Å². The molecule has 0 radical (unpaired) electrons. The smallest absolute Gasteiger partial charge is 0.255 e. The Morgan fingerprint density at radius 2 is 2.33 bits per heavy atom. The number of hydrogen-bond acceptors (Lipinski definition) is 3. The van der Waals surface area contributed by atoms with Gasteiger partial charge in [-0.15, -0.1) is 11.3 Å². The maximum absolute atomic E-state index is 11.9. The first kappa shape index (κ1) is 10.8. The van der Waals surface area contributed by atoms with Gasteiger partial charge in [-0.25, -0.2) is 0 Å². The fourth-order valence-corrected chi connectivity index (χ4v) is 2.75. The number of hydrogen-bond donors (Lipinski definition) is 0. The molecule has 0 N–H and O–H groups in total. The van der Waals surface area contributed by atoms with Crippen LogP contribution in [0.5, 0.6) is 0 Å². The molecule has 0 atom stereocenters. The van der Waals surface area contributed by atoms with Gasteiger partial charge in [0.15, 0.2) is 5.78 Å². The van der Waals surface area contributed by atoms with Crippen LogP contribution in [-0.4, -0.2) is 29.7 Å². The first-order valence-corrected chi connectivity index (χ1v) is 6.39. The van der Waals surface area contributed by atoms with E-state index in [4.69, 9.17) is 0 Å². The van der Waals surface area contributed by atoms with E-state index in [0.717, 1.165) is 10.2 Å². The lowest BCUT2D eigenvalue weighted by atomic mass is 10.1. The quantitative estimate of drug-likeness (QED) is 0.795. The molecule has 0 aromatic carbocycles. The highest BCUT2D eigenvalue weighted by atomic mass is 79.9. The van der Waals surface area contributed by atoms with Crippen LogP contribution in [0.3, 0.4) is 0 Å². The average molecular weight is 288 g/mol. The van der Waals surface area contributed by atoms with Crippen molar-refractivity contribution in [3.8, 4) is 0 Å². The lowest BCUT2D eigenvalue weighted by Gasteiger charge is -2.25. The Hall–Kier alpha value is -0.680. The molecule has 80 valence electrons. The Morgan fingerprint density at radius 3 is 2.93 bits per heavy atom. The molecule has 0 bridgehead atoms. The topological polar surface area (TPSA) is 37.4 Å². The molecule has 2 heterocycles. The zero-order chi connectivity index (χ0) is 10.8. The summed E-state index contributed by atoms with van der Waals surface area (Å²) in [6.45, 7) is 0.963. The number of amides is 1. The summed E-state index contributed by atoms with van der Waals surface area (Å²) < 4.78 is 0.939. The van der Waals surface area contributed by atoms with E-state index in [2.05, 4.69) is 15.9 Å². The lowest BCUT2D eigenvalue weighted by Crippen LogP contribution is -2.39. The van der Waals surface area contributed by atoms with Crippen LogP contribution in [0.4, 0.5) is 0 Å². The van der Waals surface area contributed by atoms with Crippen LogP contribution >= 0.6 is 27.3 Å². The number of nitrogens with zero attached hydrogens (tertiary/aromatic N) is 1. The van der Waals surface area contributed by atoms with Crippen LogP contribution in [0.1, 0.15) is 23.2 Å². The third-order valence-electron chi connectivity index (χ3n) is 2.35. The molecule has 5 heteroatoms. The van der Waals surface area contributed by atoms with E-state index in [0.29, 0.717) is 18.5 Å². The number of carbonyl (C=O) groups excluding carboxylic acids is 2. The predicted octanol–water partition coefficient (Wildman–Crippen LogP) is 2.32. The number of halogens is 1. The molecule has 2 rings (SSSR count). The van der Waals surface area contributed by atoms with Crippen LogP contribution in [-0.2, 0) is 4.79 Å². The monoisotopic (exact) mass is 287 g/mol. The molecule has 1 aromatic heterocycles. The standard InChI is InChI=1S/C10H10BrNO2S/c11-9-4-7(6-15-9)10(14)12-3-1-2-8(13)5-12/h4,6H,1-3,5H2. The molecule has 3 nitrogen and oxygen atoms in total. The van der Waals surface area contributed by atoms with Crippen molar-refractivity contribution < 1.29 is 9.59 Å². The van der Waals surface area contributed by atoms with E-state index in [1.807, 2.05) is 5.38 Å². The van der Waals surface area contributed by atoms with Gasteiger partial charge in [-0.1, -0.05) is 0 Å². The number of carbonyl (C=O) groups is 2. The predicted molar refractivity (Wildman–Crippen MR) is 62.2 cm³/mol. The van der Waals surface area contributed by atoms with Gasteiger partial charge in [0.1, 0.15) is 0 Å². The molecule has 1 aromatic rings. The minimum atomic E-state index is -0.0370. The normalized spacial score (nSPS) is 16.9. The maximum Gasteiger partial charge on any atom is 0.255 e. The molecule has 1 aliphatic rings. The second-order valence-corrected chi connectivity index (χ2v) is 5.80. The van der Waals surface area contributed by atoms with Crippen LogP contribution in [0, 0.1) is 0 Å². The summed E-state index contributed by atoms with van der Waals surface area (Å²) in [5.74, 6) is 0.119. The van der Waals surface area contributed by atoms with Gasteiger partial charge in [-0.05, 0) is 28.4 Å². The number of Topliss-reactive ketones (excluding diaryl/α,β-unsaturated/α-hetero) is 1. The van der Waals surface area contributed by atoms with E-state index >= 15 is 0 Å². The molecule has 1 aliphatic heterocycles. The molecule has 15 heavy (non-hydrogen) atoms. The summed E-state index contributed by atoms with van der Waals surface area (Å²) >= 11 is 4.80. The third-order valence-corrected chi connectivity index (χ3v) is 3.86. The largest absolute Gasteiger partial charge is 0.331 e. The van der Waals surface area contributed by atoms with Crippen molar-refractivity contribution in [2.75, 3.05) is 13.1 Å². The summed E-state index contributed by atoms with van der Waals surface area (Å²) in [6.07, 6.45) is 1.40. The summed E-state index contributed by atoms with van der Waals surface area (Å²) in [5, 5.41) is 1.81. The molecule has 0 aliphatic carbocycles. The van der Waals surface area contributed by atoms with E-state index in [9.17, 15) is 9.59 Å². The molecule has 0 spiro atoms. The van der Waals surface area contributed by atoms with E-state index in [1.165, 1.54) is 11.3 Å². The third kappa shape index (κ3) is 2.46. The van der Waals surface area contributed by atoms with Crippen molar-refractivity contribution in [1.29, 1.82) is 0 Å². The van der Waals surface area contributed by atoms with E-state index < -0.39 is 0 Å². The molecule has 0 saturated carbocycles. The lowest BCUT2D eigenvalue weighted by molar-refractivity contribution is -0.121. The van der Waals surface area contributed by atoms with Gasteiger partial charge in [0, 0.05) is 18.3 Å². The van der Waals surface area contributed by atoms with Crippen molar-refractivity contribution in [3.05, 3.63) is 20.8 Å². The fourth-order valence-electron chi connectivity index (χ4n) is 1.62. The fraction of sp³-hybridized carbons (Fsp3) is 0.400. The Morgan fingerprint density at radius 1 is 1.53 bits per heavy atom. The molecular weight excluding hydrogens is 278 g/mol. The number of thiophene rings is 1. The van der Waals surface area contributed by atoms with Crippen LogP contribution in [0.25, 0.3) is 0 Å². The summed E-state index contributed by atoms with van der Waals surface area (Å²) in [7, 11) is 0. The van der Waals surface area contributed by atoms with Gasteiger partial charge < -0.3 is 4.90 Å². The van der Waals surface area contributed by atoms with Crippen molar-refractivity contribution >= 4 is 39.0 Å². The zero-order valence-corrected chi connectivity index (χ0v) is 10.4. The van der Waals surface area contributed by atoms with Gasteiger partial charge in [0.25, 0.3) is 5.91 Å². The first-order valence-electron chi connectivity index (χ1n) is 4.72. The van der Waals surface area contributed by atoms with Crippen LogP contribution in [0.2, 0.25) is 0 Å². The number of likely N-dealkylation sites (tertiary alicyclic amines) is 1. The second kappa shape index (κ2) is 4.45. The highest BCUT2D eigenvalue weighted by molar-refractivity contribution is 9.11.